The Morgan fingerprint density at radius 3 is 2.36 bits per heavy atom. The summed E-state index contributed by atoms with van der Waals surface area (Å²) in [6.07, 6.45) is 11.9. The largest absolute Gasteiger partial charge is 0.393 e. The van der Waals surface area contributed by atoms with Crippen LogP contribution in [-0.2, 0) is 0 Å². The van der Waals surface area contributed by atoms with Crippen molar-refractivity contribution in [2.24, 2.45) is 46.2 Å². The van der Waals surface area contributed by atoms with Crippen LogP contribution in [-0.4, -0.2) is 30.3 Å². The molecule has 0 spiro atoms. The topological polar surface area (TPSA) is 58.3 Å². The van der Waals surface area contributed by atoms with E-state index in [1.54, 1.807) is 0 Å². The van der Waals surface area contributed by atoms with E-state index in [-0.39, 0.29) is 30.9 Å². The highest BCUT2D eigenvalue weighted by Gasteiger charge is 2.60. The molecule has 0 saturated heterocycles. The summed E-state index contributed by atoms with van der Waals surface area (Å²) >= 11 is 0. The molecule has 0 aromatic carbocycles. The molecule has 4 rings (SSSR count). The first-order valence-corrected chi connectivity index (χ1v) is 11.5. The minimum atomic E-state index is -0.0242. The zero-order valence-electron chi connectivity index (χ0n) is 18.2. The number of hydrogen-bond donors (Lipinski definition) is 3. The lowest BCUT2D eigenvalue weighted by molar-refractivity contribution is -0.127. The van der Waals surface area contributed by atoms with Crippen LogP contribution in [0.15, 0.2) is 0 Å². The van der Waals surface area contributed by atoms with Crippen LogP contribution < -0.4 is 11.1 Å². The monoisotopic (exact) mass is 434 g/mol. The van der Waals surface area contributed by atoms with Gasteiger partial charge in [0.25, 0.3) is 0 Å². The van der Waals surface area contributed by atoms with E-state index in [2.05, 4.69) is 26.1 Å². The van der Waals surface area contributed by atoms with Gasteiger partial charge < -0.3 is 16.2 Å². The van der Waals surface area contributed by atoms with Crippen LogP contribution in [0.4, 0.5) is 0 Å². The van der Waals surface area contributed by atoms with Crippen molar-refractivity contribution < 1.29 is 5.11 Å². The highest BCUT2D eigenvalue weighted by atomic mass is 35.5. The summed E-state index contributed by atoms with van der Waals surface area (Å²) in [6, 6.07) is 0.599. The predicted octanol–water partition coefficient (Wildman–Crippen LogP) is 4.79. The molecule has 4 saturated carbocycles. The summed E-state index contributed by atoms with van der Waals surface area (Å²) in [5.41, 5.74) is 6.77. The summed E-state index contributed by atoms with van der Waals surface area (Å²) in [5.74, 6) is 4.38. The first kappa shape index (κ1) is 24.7. The van der Waals surface area contributed by atoms with Crippen LogP contribution in [0, 0.1) is 40.4 Å². The molecule has 9 atom stereocenters. The van der Waals surface area contributed by atoms with E-state index in [4.69, 9.17) is 5.73 Å². The highest BCUT2D eigenvalue weighted by Crippen LogP contribution is 2.67. The molecule has 0 amide bonds. The highest BCUT2D eigenvalue weighted by molar-refractivity contribution is 5.85. The van der Waals surface area contributed by atoms with E-state index in [9.17, 15) is 5.11 Å². The van der Waals surface area contributed by atoms with E-state index >= 15 is 0 Å². The summed E-state index contributed by atoms with van der Waals surface area (Å²) in [4.78, 5) is 0. The fraction of sp³-hybridized carbons (Fsp3) is 1.00. The number of fused-ring (bicyclic) bond motifs is 5. The zero-order valence-corrected chi connectivity index (χ0v) is 19.8. The number of nitrogens with two attached hydrogens (primary N) is 1. The molecule has 4 aliphatic rings. The van der Waals surface area contributed by atoms with Gasteiger partial charge in [-0.3, -0.25) is 0 Å². The maximum atomic E-state index is 10.2. The van der Waals surface area contributed by atoms with Crippen molar-refractivity contribution in [2.45, 2.75) is 90.7 Å². The molecule has 1 unspecified atom stereocenters. The average Bonchev–Trinajstić information content (AvgIpc) is 2.97. The van der Waals surface area contributed by atoms with Crippen LogP contribution in [0.25, 0.3) is 0 Å². The molecule has 0 aliphatic heterocycles. The first-order valence-electron chi connectivity index (χ1n) is 11.5. The third-order valence-corrected chi connectivity index (χ3v) is 9.93. The third kappa shape index (κ3) is 3.88. The second-order valence-electron chi connectivity index (χ2n) is 10.8. The van der Waals surface area contributed by atoms with Gasteiger partial charge in [-0.05, 0) is 105 Å². The normalized spacial score (nSPS) is 48.3. The van der Waals surface area contributed by atoms with Crippen LogP contribution in [0.3, 0.4) is 0 Å². The van der Waals surface area contributed by atoms with Crippen LogP contribution >= 0.6 is 24.8 Å². The average molecular weight is 436 g/mol. The Hall–Kier alpha value is 0.460. The minimum Gasteiger partial charge on any atom is -0.393 e. The molecule has 5 heteroatoms. The molecule has 3 nitrogen and oxygen atoms in total. The smallest absolute Gasteiger partial charge is 0.0543 e. The molecule has 0 aromatic heterocycles. The number of aliphatic hydroxyl groups excluding tert-OH is 1. The zero-order chi connectivity index (χ0) is 18.5. The summed E-state index contributed by atoms with van der Waals surface area (Å²) in [7, 11) is 0. The molecule has 0 heterocycles. The van der Waals surface area contributed by atoms with Crippen molar-refractivity contribution in [3.63, 3.8) is 0 Å². The summed E-state index contributed by atoms with van der Waals surface area (Å²) in [6.45, 7) is 9.33. The number of nitrogens with one attached hydrogen (secondary N) is 1. The van der Waals surface area contributed by atoms with Gasteiger partial charge in [-0.25, -0.2) is 0 Å². The predicted molar refractivity (Wildman–Crippen MR) is 122 cm³/mol. The Labute approximate surface area is 185 Å². The molecule has 0 aromatic rings. The molecule has 4 aliphatic carbocycles. The third-order valence-electron chi connectivity index (χ3n) is 9.93. The van der Waals surface area contributed by atoms with E-state index < -0.39 is 0 Å². The molecular weight excluding hydrogens is 391 g/mol. The molecule has 0 bridgehead atoms. The number of aliphatic hydroxyl groups is 1. The number of halogens is 2. The lowest BCUT2D eigenvalue weighted by Crippen LogP contribution is -2.55. The van der Waals surface area contributed by atoms with E-state index in [1.165, 1.54) is 44.9 Å². The molecule has 166 valence electrons. The first-order chi connectivity index (χ1) is 12.4. The standard InChI is InChI=1S/C23H42N2O.2ClH/c1-15(25-13-12-24)19-6-7-20-18-5-4-16-14-17(26)8-10-22(16,2)21(18)9-11-23(19,20)3;;/h15-21,25-26H,4-14,24H2,1-3H3;2*1H/t15?,16-,17-,18-,19+,20-,21-,22-,23+;;/m0../s1. The van der Waals surface area contributed by atoms with Crippen LogP contribution in [0.5, 0.6) is 0 Å². The van der Waals surface area contributed by atoms with Gasteiger partial charge >= 0.3 is 0 Å². The Morgan fingerprint density at radius 2 is 1.64 bits per heavy atom. The van der Waals surface area contributed by atoms with Gasteiger partial charge in [-0.1, -0.05) is 13.8 Å². The Balaban J connectivity index is 0.00000140. The SMILES string of the molecule is CC(NCCN)[C@H]1CC[C@H]2[C@@H]3CC[C@H]4C[C@@H](O)CC[C@]4(C)[C@H]3CC[C@]12C.Cl.Cl. The van der Waals surface area contributed by atoms with Crippen molar-refractivity contribution in [1.29, 1.82) is 0 Å². The number of hydrogen-bond acceptors (Lipinski definition) is 3. The number of rotatable bonds is 4. The van der Waals surface area contributed by atoms with Crippen molar-refractivity contribution in [3.05, 3.63) is 0 Å². The lowest BCUT2D eigenvalue weighted by Gasteiger charge is -2.61. The Bertz CT molecular complexity index is 521. The van der Waals surface area contributed by atoms with Crippen molar-refractivity contribution in [3.8, 4) is 0 Å². The maximum absolute atomic E-state index is 10.2. The van der Waals surface area contributed by atoms with Crippen LogP contribution in [0.2, 0.25) is 0 Å². The Morgan fingerprint density at radius 1 is 0.964 bits per heavy atom. The molecular formula is C23H44Cl2N2O. The van der Waals surface area contributed by atoms with Crippen molar-refractivity contribution in [2.75, 3.05) is 13.1 Å². The summed E-state index contributed by atoms with van der Waals surface area (Å²) < 4.78 is 0. The molecule has 28 heavy (non-hydrogen) atoms. The Kier molecular flexibility index (Phi) is 8.22. The second-order valence-corrected chi connectivity index (χ2v) is 10.8. The van der Waals surface area contributed by atoms with Gasteiger partial charge in [0, 0.05) is 19.1 Å². The van der Waals surface area contributed by atoms with Gasteiger partial charge in [0.1, 0.15) is 0 Å². The van der Waals surface area contributed by atoms with Gasteiger partial charge in [0.2, 0.25) is 0 Å². The van der Waals surface area contributed by atoms with E-state index in [1.807, 2.05) is 0 Å². The minimum absolute atomic E-state index is 0. The molecule has 4 N–H and O–H groups in total. The maximum Gasteiger partial charge on any atom is 0.0543 e. The van der Waals surface area contributed by atoms with Gasteiger partial charge in [-0.15, -0.1) is 24.8 Å². The van der Waals surface area contributed by atoms with Crippen molar-refractivity contribution >= 4 is 24.8 Å². The van der Waals surface area contributed by atoms with Crippen LogP contribution in [0.1, 0.15) is 78.6 Å². The fourth-order valence-electron chi connectivity index (χ4n) is 8.55. The van der Waals surface area contributed by atoms with Crippen molar-refractivity contribution in [1.82, 2.24) is 5.32 Å². The second kappa shape index (κ2) is 9.30. The van der Waals surface area contributed by atoms with E-state index in [0.717, 1.165) is 55.5 Å². The van der Waals surface area contributed by atoms with E-state index in [0.29, 0.717) is 16.9 Å². The van der Waals surface area contributed by atoms with Gasteiger partial charge in [0.15, 0.2) is 0 Å². The van der Waals surface area contributed by atoms with Gasteiger partial charge in [0.05, 0.1) is 6.10 Å². The molecule has 4 fully saturated rings. The molecule has 0 radical (unpaired) electrons. The van der Waals surface area contributed by atoms with Gasteiger partial charge in [-0.2, -0.15) is 0 Å². The lowest BCUT2D eigenvalue weighted by atomic mass is 9.44. The fourth-order valence-corrected chi connectivity index (χ4v) is 8.55. The quantitative estimate of drug-likeness (QED) is 0.595. The summed E-state index contributed by atoms with van der Waals surface area (Å²) in [5, 5.41) is 13.9.